The van der Waals surface area contributed by atoms with Crippen LogP contribution in [-0.4, -0.2) is 33.7 Å². The molecular formula is C18H21ClN2O4S. The number of carbonyl (C=O) groups is 1. The quantitative estimate of drug-likeness (QED) is 0.777. The molecule has 0 aromatic heterocycles. The van der Waals surface area contributed by atoms with E-state index in [9.17, 15) is 13.2 Å². The van der Waals surface area contributed by atoms with E-state index in [1.807, 2.05) is 6.92 Å². The summed E-state index contributed by atoms with van der Waals surface area (Å²) < 4.78 is 31.0. The van der Waals surface area contributed by atoms with E-state index in [0.717, 1.165) is 10.6 Å². The van der Waals surface area contributed by atoms with Gasteiger partial charge in [-0.25, -0.2) is 8.42 Å². The van der Waals surface area contributed by atoms with Crippen molar-refractivity contribution in [1.82, 2.24) is 0 Å². The lowest BCUT2D eigenvalue weighted by molar-refractivity contribution is -0.114. The molecular weight excluding hydrogens is 376 g/mol. The Bertz CT molecular complexity index is 900. The fourth-order valence-electron chi connectivity index (χ4n) is 2.42. The van der Waals surface area contributed by atoms with Crippen LogP contribution in [0.15, 0.2) is 42.5 Å². The number of amides is 1. The minimum Gasteiger partial charge on any atom is -0.492 e. The summed E-state index contributed by atoms with van der Waals surface area (Å²) in [5, 5.41) is 3.13. The highest BCUT2D eigenvalue weighted by Crippen LogP contribution is 2.28. The largest absolute Gasteiger partial charge is 0.492 e. The maximum atomic E-state index is 12.5. The van der Waals surface area contributed by atoms with Crippen LogP contribution in [0, 0.1) is 6.92 Å². The first kappa shape index (κ1) is 20.1. The number of anilines is 2. The van der Waals surface area contributed by atoms with E-state index < -0.39 is 15.9 Å². The zero-order valence-electron chi connectivity index (χ0n) is 14.8. The average Bonchev–Trinajstić information content (AvgIpc) is 2.57. The van der Waals surface area contributed by atoms with Gasteiger partial charge in [-0.2, -0.15) is 0 Å². The van der Waals surface area contributed by atoms with Crippen molar-refractivity contribution in [3.8, 4) is 5.75 Å². The van der Waals surface area contributed by atoms with Gasteiger partial charge in [-0.15, -0.1) is 0 Å². The van der Waals surface area contributed by atoms with Crippen molar-refractivity contribution < 1.29 is 17.9 Å². The van der Waals surface area contributed by atoms with Crippen LogP contribution in [0.3, 0.4) is 0 Å². The van der Waals surface area contributed by atoms with Gasteiger partial charge in [0, 0.05) is 5.02 Å². The van der Waals surface area contributed by atoms with Gasteiger partial charge in [0.15, 0.2) is 0 Å². The number of nitrogens with one attached hydrogen (secondary N) is 1. The van der Waals surface area contributed by atoms with Gasteiger partial charge in [0.25, 0.3) is 0 Å². The smallest absolute Gasteiger partial charge is 0.245 e. The van der Waals surface area contributed by atoms with E-state index in [2.05, 4.69) is 5.32 Å². The number of para-hydroxylation sites is 2. The highest BCUT2D eigenvalue weighted by Gasteiger charge is 2.23. The molecule has 0 aliphatic carbocycles. The van der Waals surface area contributed by atoms with Crippen molar-refractivity contribution in [3.05, 3.63) is 53.1 Å². The van der Waals surface area contributed by atoms with Crippen molar-refractivity contribution in [3.63, 3.8) is 0 Å². The van der Waals surface area contributed by atoms with Crippen molar-refractivity contribution >= 4 is 38.9 Å². The molecule has 0 radical (unpaired) electrons. The molecule has 1 N–H and O–H groups in total. The molecule has 2 aromatic rings. The van der Waals surface area contributed by atoms with Gasteiger partial charge in [-0.1, -0.05) is 29.8 Å². The summed E-state index contributed by atoms with van der Waals surface area (Å²) in [6, 6.07) is 11.9. The van der Waals surface area contributed by atoms with Crippen LogP contribution in [0.1, 0.15) is 12.5 Å². The van der Waals surface area contributed by atoms with Gasteiger partial charge in [0.05, 0.1) is 24.2 Å². The first-order valence-electron chi connectivity index (χ1n) is 7.98. The summed E-state index contributed by atoms with van der Waals surface area (Å²) in [7, 11) is -3.68. The van der Waals surface area contributed by atoms with Crippen LogP contribution in [0.4, 0.5) is 11.4 Å². The number of halogens is 1. The lowest BCUT2D eigenvalue weighted by Crippen LogP contribution is -2.38. The highest BCUT2D eigenvalue weighted by atomic mass is 35.5. The number of nitrogens with zero attached hydrogens (tertiary/aromatic N) is 1. The molecule has 8 heteroatoms. The van der Waals surface area contributed by atoms with Crippen molar-refractivity contribution in [2.24, 2.45) is 0 Å². The SMILES string of the molecule is CCOc1ccccc1NC(=O)CN(c1cccc(Cl)c1C)S(C)(=O)=O. The Labute approximate surface area is 158 Å². The predicted molar refractivity (Wildman–Crippen MR) is 105 cm³/mol. The van der Waals surface area contributed by atoms with E-state index in [0.29, 0.717) is 34.3 Å². The van der Waals surface area contributed by atoms with Crippen molar-refractivity contribution in [2.75, 3.05) is 29.0 Å². The summed E-state index contributed by atoms with van der Waals surface area (Å²) in [5.74, 6) is 0.0372. The molecule has 2 aromatic carbocycles. The van der Waals surface area contributed by atoms with Crippen LogP contribution in [0.25, 0.3) is 0 Å². The number of benzene rings is 2. The van der Waals surface area contributed by atoms with Gasteiger partial charge in [0.2, 0.25) is 15.9 Å². The Balaban J connectivity index is 2.27. The normalized spacial score (nSPS) is 11.1. The molecule has 1 amide bonds. The molecule has 0 aliphatic heterocycles. The maximum Gasteiger partial charge on any atom is 0.245 e. The lowest BCUT2D eigenvalue weighted by atomic mass is 10.2. The fraction of sp³-hybridized carbons (Fsp3) is 0.278. The molecule has 6 nitrogen and oxygen atoms in total. The van der Waals surface area contributed by atoms with E-state index in [1.165, 1.54) is 0 Å². The van der Waals surface area contributed by atoms with E-state index in [-0.39, 0.29) is 6.54 Å². The zero-order chi connectivity index (χ0) is 19.3. The molecule has 0 saturated heterocycles. The number of sulfonamides is 1. The second-order valence-corrected chi connectivity index (χ2v) is 7.94. The molecule has 0 heterocycles. The van der Waals surface area contributed by atoms with Gasteiger partial charge in [-0.05, 0) is 43.7 Å². The van der Waals surface area contributed by atoms with E-state index >= 15 is 0 Å². The van der Waals surface area contributed by atoms with Gasteiger partial charge in [0.1, 0.15) is 12.3 Å². The monoisotopic (exact) mass is 396 g/mol. The fourth-order valence-corrected chi connectivity index (χ4v) is 3.50. The molecule has 26 heavy (non-hydrogen) atoms. The number of rotatable bonds is 7. The van der Waals surface area contributed by atoms with Gasteiger partial charge in [-0.3, -0.25) is 9.10 Å². The molecule has 0 aliphatic rings. The molecule has 140 valence electrons. The molecule has 0 unspecified atom stereocenters. The number of ether oxygens (including phenoxy) is 1. The Morgan fingerprint density at radius 3 is 2.54 bits per heavy atom. The van der Waals surface area contributed by atoms with Crippen LogP contribution < -0.4 is 14.4 Å². The molecule has 2 rings (SSSR count). The molecule has 0 saturated carbocycles. The minimum atomic E-state index is -3.68. The molecule has 0 fully saturated rings. The number of carbonyl (C=O) groups excluding carboxylic acids is 1. The minimum absolute atomic E-state index is 0.369. The highest BCUT2D eigenvalue weighted by molar-refractivity contribution is 7.92. The van der Waals surface area contributed by atoms with Crippen LogP contribution in [-0.2, 0) is 14.8 Å². The Morgan fingerprint density at radius 2 is 1.88 bits per heavy atom. The van der Waals surface area contributed by atoms with Gasteiger partial charge < -0.3 is 10.1 Å². The van der Waals surface area contributed by atoms with Crippen LogP contribution >= 0.6 is 11.6 Å². The summed E-state index contributed by atoms with van der Waals surface area (Å²) in [5.41, 5.74) is 1.44. The summed E-state index contributed by atoms with van der Waals surface area (Å²) in [6.07, 6.45) is 1.05. The third-order valence-electron chi connectivity index (χ3n) is 3.66. The maximum absolute atomic E-state index is 12.5. The van der Waals surface area contributed by atoms with Gasteiger partial charge >= 0.3 is 0 Å². The Morgan fingerprint density at radius 1 is 1.19 bits per heavy atom. The van der Waals surface area contributed by atoms with E-state index in [1.54, 1.807) is 49.4 Å². The topological polar surface area (TPSA) is 75.7 Å². The summed E-state index contributed by atoms with van der Waals surface area (Å²) >= 11 is 6.09. The predicted octanol–water partition coefficient (Wildman–Crippen LogP) is 3.45. The molecule has 0 spiro atoms. The Kier molecular flexibility index (Phi) is 6.50. The third kappa shape index (κ3) is 4.89. The van der Waals surface area contributed by atoms with Crippen LogP contribution in [0.2, 0.25) is 5.02 Å². The second-order valence-electron chi connectivity index (χ2n) is 5.63. The first-order valence-corrected chi connectivity index (χ1v) is 10.2. The van der Waals surface area contributed by atoms with Crippen LogP contribution in [0.5, 0.6) is 5.75 Å². The standard InChI is InChI=1S/C18H21ClN2O4S/c1-4-25-17-11-6-5-9-15(17)20-18(22)12-21(26(3,23)24)16-10-7-8-14(19)13(16)2/h5-11H,4,12H2,1-3H3,(H,20,22). The number of hydrogen-bond donors (Lipinski definition) is 1. The molecule has 0 atom stereocenters. The van der Waals surface area contributed by atoms with Crippen molar-refractivity contribution in [2.45, 2.75) is 13.8 Å². The first-order chi connectivity index (χ1) is 12.2. The number of hydrogen-bond acceptors (Lipinski definition) is 4. The van der Waals surface area contributed by atoms with E-state index in [4.69, 9.17) is 16.3 Å². The lowest BCUT2D eigenvalue weighted by Gasteiger charge is -2.24. The summed E-state index contributed by atoms with van der Waals surface area (Å²) in [4.78, 5) is 12.5. The average molecular weight is 397 g/mol. The second kappa shape index (κ2) is 8.42. The Hall–Kier alpha value is -2.25. The zero-order valence-corrected chi connectivity index (χ0v) is 16.4. The summed E-state index contributed by atoms with van der Waals surface area (Å²) in [6.45, 7) is 3.62. The van der Waals surface area contributed by atoms with Crippen molar-refractivity contribution in [1.29, 1.82) is 0 Å². The molecule has 0 bridgehead atoms. The third-order valence-corrected chi connectivity index (χ3v) is 5.19.